The predicted molar refractivity (Wildman–Crippen MR) is 69.7 cm³/mol. The summed E-state index contributed by atoms with van der Waals surface area (Å²) < 4.78 is 18.6. The van der Waals surface area contributed by atoms with Gasteiger partial charge < -0.3 is 9.84 Å². The Balaban J connectivity index is 2.15. The highest BCUT2D eigenvalue weighted by atomic mass is 19.1. The third-order valence-electron chi connectivity index (χ3n) is 3.39. The fourth-order valence-corrected chi connectivity index (χ4v) is 2.54. The molecule has 102 valence electrons. The molecule has 2 aromatic rings. The Morgan fingerprint density at radius 3 is 3.00 bits per heavy atom. The lowest BCUT2D eigenvalue weighted by Gasteiger charge is -2.25. The number of halogens is 1. The second-order valence-electron chi connectivity index (χ2n) is 4.58. The van der Waals surface area contributed by atoms with Gasteiger partial charge in [-0.05, 0) is 34.7 Å². The topological polar surface area (TPSA) is 59.4 Å². The number of aromatic nitrogens is 1. The summed E-state index contributed by atoms with van der Waals surface area (Å²) in [4.78, 5) is 14.8. The first-order valence-electron chi connectivity index (χ1n) is 6.25. The molecule has 0 bridgehead atoms. The van der Waals surface area contributed by atoms with Crippen LogP contribution in [-0.2, 0) is 16.0 Å². The summed E-state index contributed by atoms with van der Waals surface area (Å²) in [6, 6.07) is 8.42. The van der Waals surface area contributed by atoms with Gasteiger partial charge in [0, 0.05) is 12.3 Å². The van der Waals surface area contributed by atoms with Crippen molar-refractivity contribution in [3.8, 4) is 11.1 Å². The minimum Gasteiger partial charge on any atom is -0.479 e. The number of nitrogens with zero attached hydrogens (tertiary/aromatic N) is 1. The van der Waals surface area contributed by atoms with Gasteiger partial charge in [-0.25, -0.2) is 9.78 Å². The molecule has 0 saturated carbocycles. The number of carboxylic acid groups (broad SMARTS) is 1. The second kappa shape index (κ2) is 5.02. The number of carboxylic acids is 1. The zero-order chi connectivity index (χ0) is 14.1. The molecule has 0 radical (unpaired) electrons. The van der Waals surface area contributed by atoms with Crippen LogP contribution in [0.3, 0.4) is 0 Å². The van der Waals surface area contributed by atoms with E-state index >= 15 is 0 Å². The van der Waals surface area contributed by atoms with E-state index in [2.05, 4.69) is 4.98 Å². The number of fused-ring (bicyclic) bond motifs is 1. The van der Waals surface area contributed by atoms with Crippen LogP contribution in [0.5, 0.6) is 0 Å². The van der Waals surface area contributed by atoms with Crippen molar-refractivity contribution in [1.82, 2.24) is 4.98 Å². The molecule has 2 heterocycles. The molecule has 0 spiro atoms. The fourth-order valence-electron chi connectivity index (χ4n) is 2.54. The van der Waals surface area contributed by atoms with Crippen molar-refractivity contribution in [3.63, 3.8) is 0 Å². The largest absolute Gasteiger partial charge is 0.479 e. The summed E-state index contributed by atoms with van der Waals surface area (Å²) in [5, 5.41) is 9.20. The van der Waals surface area contributed by atoms with E-state index in [1.165, 1.54) is 12.3 Å². The van der Waals surface area contributed by atoms with Gasteiger partial charge in [-0.15, -0.1) is 0 Å². The Morgan fingerprint density at radius 2 is 2.25 bits per heavy atom. The minimum absolute atomic E-state index is 0.342. The quantitative estimate of drug-likeness (QED) is 0.854. The molecule has 1 atom stereocenters. The molecule has 1 aromatic heterocycles. The summed E-state index contributed by atoms with van der Waals surface area (Å²) in [7, 11) is 0. The van der Waals surface area contributed by atoms with Gasteiger partial charge in [0.15, 0.2) is 6.10 Å². The summed E-state index contributed by atoms with van der Waals surface area (Å²) in [6.07, 6.45) is 1.06. The monoisotopic (exact) mass is 273 g/mol. The summed E-state index contributed by atoms with van der Waals surface area (Å²) in [6.45, 7) is 0.342. The van der Waals surface area contributed by atoms with E-state index in [9.17, 15) is 14.3 Å². The van der Waals surface area contributed by atoms with Crippen LogP contribution in [0.1, 0.15) is 17.2 Å². The Hall–Kier alpha value is -2.27. The Bertz CT molecular complexity index is 672. The maximum absolute atomic E-state index is 13.3. The molecule has 3 rings (SSSR count). The molecule has 5 heteroatoms. The van der Waals surface area contributed by atoms with Crippen LogP contribution in [0, 0.1) is 5.95 Å². The highest BCUT2D eigenvalue weighted by Gasteiger charge is 2.28. The molecule has 0 saturated heterocycles. The molecule has 4 nitrogen and oxygen atoms in total. The van der Waals surface area contributed by atoms with Crippen LogP contribution < -0.4 is 0 Å². The standard InChI is InChI=1S/C15H12FNO3/c16-13-8-9(4-6-17-13)10-2-1-3-12-11(10)5-7-20-14(12)15(18)19/h1-4,6,8,14H,5,7H2,(H,18,19). The van der Waals surface area contributed by atoms with Crippen molar-refractivity contribution in [2.45, 2.75) is 12.5 Å². The van der Waals surface area contributed by atoms with Gasteiger partial charge in [0.05, 0.1) is 6.61 Å². The first kappa shape index (κ1) is 12.7. The van der Waals surface area contributed by atoms with Crippen molar-refractivity contribution in [2.24, 2.45) is 0 Å². The Kier molecular flexibility index (Phi) is 3.20. The van der Waals surface area contributed by atoms with Crippen LogP contribution in [0.25, 0.3) is 11.1 Å². The van der Waals surface area contributed by atoms with Crippen molar-refractivity contribution >= 4 is 5.97 Å². The lowest BCUT2D eigenvalue weighted by atomic mass is 9.90. The average molecular weight is 273 g/mol. The molecule has 0 aliphatic carbocycles. The van der Waals surface area contributed by atoms with Gasteiger partial charge in [-0.2, -0.15) is 4.39 Å². The number of rotatable bonds is 2. The van der Waals surface area contributed by atoms with Gasteiger partial charge in [0.1, 0.15) is 0 Å². The van der Waals surface area contributed by atoms with Gasteiger partial charge >= 0.3 is 5.97 Å². The first-order valence-corrected chi connectivity index (χ1v) is 6.25. The fraction of sp³-hybridized carbons (Fsp3) is 0.200. The molecule has 1 unspecified atom stereocenters. The normalized spacial score (nSPS) is 17.6. The highest BCUT2D eigenvalue weighted by Crippen LogP contribution is 2.34. The average Bonchev–Trinajstić information content (AvgIpc) is 2.45. The number of pyridine rings is 1. The second-order valence-corrected chi connectivity index (χ2v) is 4.58. The molecule has 1 aliphatic heterocycles. The van der Waals surface area contributed by atoms with Crippen molar-refractivity contribution < 1.29 is 19.0 Å². The number of hydrogen-bond acceptors (Lipinski definition) is 3. The third kappa shape index (κ3) is 2.16. The van der Waals surface area contributed by atoms with E-state index in [4.69, 9.17) is 4.74 Å². The van der Waals surface area contributed by atoms with Crippen molar-refractivity contribution in [2.75, 3.05) is 6.61 Å². The lowest BCUT2D eigenvalue weighted by Crippen LogP contribution is -2.23. The zero-order valence-electron chi connectivity index (χ0n) is 10.5. The maximum atomic E-state index is 13.3. The molecule has 1 N–H and O–H groups in total. The van der Waals surface area contributed by atoms with Crippen LogP contribution >= 0.6 is 0 Å². The van der Waals surface area contributed by atoms with E-state index in [0.29, 0.717) is 24.2 Å². The van der Waals surface area contributed by atoms with Crippen LogP contribution in [0.2, 0.25) is 0 Å². The molecule has 0 fully saturated rings. The zero-order valence-corrected chi connectivity index (χ0v) is 10.5. The third-order valence-corrected chi connectivity index (χ3v) is 3.39. The predicted octanol–water partition coefficient (Wildman–Crippen LogP) is 2.59. The molecule has 1 aromatic carbocycles. The maximum Gasteiger partial charge on any atom is 0.337 e. The number of benzene rings is 1. The van der Waals surface area contributed by atoms with Crippen LogP contribution in [0.15, 0.2) is 36.5 Å². The van der Waals surface area contributed by atoms with E-state index in [1.54, 1.807) is 18.2 Å². The van der Waals surface area contributed by atoms with Crippen molar-refractivity contribution in [3.05, 3.63) is 53.6 Å². The number of carbonyl (C=O) groups is 1. The lowest BCUT2D eigenvalue weighted by molar-refractivity contribution is -0.151. The molecular weight excluding hydrogens is 261 g/mol. The van der Waals surface area contributed by atoms with E-state index in [0.717, 1.165) is 11.1 Å². The van der Waals surface area contributed by atoms with Crippen LogP contribution in [0.4, 0.5) is 4.39 Å². The summed E-state index contributed by atoms with van der Waals surface area (Å²) in [5.74, 6) is -1.56. The summed E-state index contributed by atoms with van der Waals surface area (Å²) >= 11 is 0. The molecule has 1 aliphatic rings. The SMILES string of the molecule is O=C(O)C1OCCc2c(-c3ccnc(F)c3)cccc21. The summed E-state index contributed by atoms with van der Waals surface area (Å²) in [5.41, 5.74) is 3.06. The van der Waals surface area contributed by atoms with Gasteiger partial charge in [-0.1, -0.05) is 18.2 Å². The molecule has 0 amide bonds. The van der Waals surface area contributed by atoms with E-state index in [1.807, 2.05) is 6.07 Å². The number of ether oxygens (including phenoxy) is 1. The van der Waals surface area contributed by atoms with Gasteiger partial charge in [0.2, 0.25) is 5.95 Å². The Labute approximate surface area is 114 Å². The van der Waals surface area contributed by atoms with Crippen LogP contribution in [-0.4, -0.2) is 22.7 Å². The number of hydrogen-bond donors (Lipinski definition) is 1. The van der Waals surface area contributed by atoms with Gasteiger partial charge in [0.25, 0.3) is 0 Å². The minimum atomic E-state index is -1.01. The van der Waals surface area contributed by atoms with Crippen molar-refractivity contribution in [1.29, 1.82) is 0 Å². The Morgan fingerprint density at radius 1 is 1.40 bits per heavy atom. The highest BCUT2D eigenvalue weighted by molar-refractivity contribution is 5.78. The van der Waals surface area contributed by atoms with E-state index < -0.39 is 18.0 Å². The molecular formula is C15H12FNO3. The molecule has 20 heavy (non-hydrogen) atoms. The first-order chi connectivity index (χ1) is 9.66. The number of aliphatic carboxylic acids is 1. The van der Waals surface area contributed by atoms with Gasteiger partial charge in [-0.3, -0.25) is 0 Å². The van der Waals surface area contributed by atoms with E-state index in [-0.39, 0.29) is 0 Å². The smallest absolute Gasteiger partial charge is 0.337 e.